The first-order valence-corrected chi connectivity index (χ1v) is 42.4. The van der Waals surface area contributed by atoms with E-state index in [4.69, 9.17) is 18.9 Å². The topological polar surface area (TPSA) is 111 Å². The van der Waals surface area contributed by atoms with Gasteiger partial charge in [-0.3, -0.25) is 9.59 Å². The zero-order chi connectivity index (χ0) is 71.8. The molecule has 0 aromatic carbocycles. The number of rotatable bonds is 79. The summed E-state index contributed by atoms with van der Waals surface area (Å²) >= 11 is 0. The van der Waals surface area contributed by atoms with Crippen LogP contribution in [-0.2, 0) is 33.3 Å². The summed E-state index contributed by atoms with van der Waals surface area (Å²) in [7, 11) is 5.95. The first-order valence-electron chi connectivity index (χ1n) is 42.4. The van der Waals surface area contributed by atoms with Gasteiger partial charge in [-0.2, -0.15) is 0 Å². The summed E-state index contributed by atoms with van der Waals surface area (Å²) < 4.78 is 22.9. The molecule has 0 aliphatic carbocycles. The Morgan fingerprint density at radius 3 is 0.869 bits per heavy atom. The van der Waals surface area contributed by atoms with Crippen LogP contribution in [0.4, 0.5) is 0 Å². The summed E-state index contributed by atoms with van der Waals surface area (Å²) in [5.74, 6) is -2.26. The van der Waals surface area contributed by atoms with E-state index in [0.717, 1.165) is 77.0 Å². The number of carboxylic acids is 1. The highest BCUT2D eigenvalue weighted by atomic mass is 16.7. The van der Waals surface area contributed by atoms with E-state index in [2.05, 4.69) is 111 Å². The van der Waals surface area contributed by atoms with Gasteiger partial charge in [0.2, 0.25) is 0 Å². The first-order chi connectivity index (χ1) is 48.6. The molecule has 574 valence electrons. The number of quaternary nitrogens is 1. The van der Waals surface area contributed by atoms with Crippen molar-refractivity contribution in [1.29, 1.82) is 0 Å². The Labute approximate surface area is 613 Å². The summed E-state index contributed by atoms with van der Waals surface area (Å²) in [5, 5.41) is 11.9. The Balaban J connectivity index is 3.97. The maximum absolute atomic E-state index is 13.0. The fourth-order valence-corrected chi connectivity index (χ4v) is 12.4. The molecule has 9 heteroatoms. The smallest absolute Gasteiger partial charge is 0.306 e. The normalized spacial score (nSPS) is 13.1. The number of nitrogens with zero attached hydrogens (tertiary/aromatic N) is 1. The lowest BCUT2D eigenvalue weighted by Crippen LogP contribution is -2.44. The third-order valence-electron chi connectivity index (χ3n) is 18.8. The number of allylic oxidation sites excluding steroid dienone is 16. The van der Waals surface area contributed by atoms with Crippen LogP contribution in [0.5, 0.6) is 0 Å². The van der Waals surface area contributed by atoms with Crippen LogP contribution < -0.4 is 5.11 Å². The molecule has 0 aromatic heterocycles. The van der Waals surface area contributed by atoms with E-state index < -0.39 is 24.3 Å². The molecule has 0 saturated heterocycles. The highest BCUT2D eigenvalue weighted by Crippen LogP contribution is 2.20. The minimum Gasteiger partial charge on any atom is -0.545 e. The highest BCUT2D eigenvalue weighted by Gasteiger charge is 2.22. The van der Waals surface area contributed by atoms with Crippen LogP contribution in [0.25, 0.3) is 0 Å². The zero-order valence-electron chi connectivity index (χ0n) is 65.9. The van der Waals surface area contributed by atoms with Crippen molar-refractivity contribution >= 4 is 17.9 Å². The number of ether oxygens (including phenoxy) is 4. The maximum atomic E-state index is 13.0. The molecule has 0 rings (SSSR count). The lowest BCUT2D eigenvalue weighted by Gasteiger charge is -2.26. The predicted octanol–water partition coefficient (Wildman–Crippen LogP) is 26.2. The lowest BCUT2D eigenvalue weighted by molar-refractivity contribution is -0.870. The van der Waals surface area contributed by atoms with Gasteiger partial charge in [0, 0.05) is 12.8 Å². The number of esters is 2. The Morgan fingerprint density at radius 2 is 0.576 bits per heavy atom. The second kappa shape index (κ2) is 79.9. The lowest BCUT2D eigenvalue weighted by atomic mass is 10.0. The second-order valence-corrected chi connectivity index (χ2v) is 29.7. The summed E-state index contributed by atoms with van der Waals surface area (Å²) in [6, 6.07) is 0. The average Bonchev–Trinajstić information content (AvgIpc) is 2.62. The Kier molecular flexibility index (Phi) is 76.8. The van der Waals surface area contributed by atoms with E-state index in [1.54, 1.807) is 0 Å². The van der Waals surface area contributed by atoms with Crippen LogP contribution in [0.15, 0.2) is 97.2 Å². The summed E-state index contributed by atoms with van der Waals surface area (Å²) in [6.45, 7) is 4.69. The van der Waals surface area contributed by atoms with E-state index in [1.165, 1.54) is 289 Å². The molecule has 0 aliphatic heterocycles. The summed E-state index contributed by atoms with van der Waals surface area (Å²) in [4.78, 5) is 37.7. The van der Waals surface area contributed by atoms with E-state index in [1.807, 2.05) is 21.1 Å². The van der Waals surface area contributed by atoms with Crippen LogP contribution in [0.2, 0.25) is 0 Å². The molecule has 2 unspecified atom stereocenters. The fourth-order valence-electron chi connectivity index (χ4n) is 12.4. The molecular formula is C90H161NO8. The quantitative estimate of drug-likeness (QED) is 0.0195. The van der Waals surface area contributed by atoms with Gasteiger partial charge in [0.1, 0.15) is 13.2 Å². The average molecular weight is 1390 g/mol. The number of carbonyl (C=O) groups excluding carboxylic acids is 3. The van der Waals surface area contributed by atoms with Crippen molar-refractivity contribution in [2.45, 2.75) is 411 Å². The van der Waals surface area contributed by atoms with Gasteiger partial charge in [0.25, 0.3) is 0 Å². The van der Waals surface area contributed by atoms with Gasteiger partial charge < -0.3 is 33.3 Å². The van der Waals surface area contributed by atoms with E-state index in [0.29, 0.717) is 23.9 Å². The summed E-state index contributed by atoms with van der Waals surface area (Å²) in [5.41, 5.74) is 0. The van der Waals surface area contributed by atoms with Gasteiger partial charge in [-0.05, 0) is 96.3 Å². The molecule has 0 heterocycles. The third kappa shape index (κ3) is 81.4. The number of hydrogen-bond donors (Lipinski definition) is 0. The molecule has 99 heavy (non-hydrogen) atoms. The molecule has 0 amide bonds. The molecule has 0 fully saturated rings. The number of likely N-dealkylation sites (N-methyl/N-ethyl adjacent to an activating group) is 1. The largest absolute Gasteiger partial charge is 0.545 e. The van der Waals surface area contributed by atoms with E-state index in [-0.39, 0.29) is 32.2 Å². The zero-order valence-corrected chi connectivity index (χ0v) is 65.9. The van der Waals surface area contributed by atoms with Gasteiger partial charge in [-0.1, -0.05) is 387 Å². The van der Waals surface area contributed by atoms with Gasteiger partial charge in [0.05, 0.1) is 40.3 Å². The van der Waals surface area contributed by atoms with Crippen molar-refractivity contribution in [3.05, 3.63) is 97.2 Å². The van der Waals surface area contributed by atoms with Crippen LogP contribution in [0.3, 0.4) is 0 Å². The number of carboxylic acid groups (broad SMARTS) is 1. The monoisotopic (exact) mass is 1380 g/mol. The predicted molar refractivity (Wildman–Crippen MR) is 426 cm³/mol. The van der Waals surface area contributed by atoms with Crippen molar-refractivity contribution < 1.29 is 42.9 Å². The van der Waals surface area contributed by atoms with Crippen LogP contribution in [-0.4, -0.2) is 82.3 Å². The number of carbonyl (C=O) groups is 3. The molecular weight excluding hydrogens is 1220 g/mol. The highest BCUT2D eigenvalue weighted by molar-refractivity contribution is 5.70. The van der Waals surface area contributed by atoms with Crippen molar-refractivity contribution in [3.8, 4) is 0 Å². The maximum Gasteiger partial charge on any atom is 0.306 e. The minimum absolute atomic E-state index is 0.148. The van der Waals surface area contributed by atoms with E-state index in [9.17, 15) is 19.5 Å². The van der Waals surface area contributed by atoms with Gasteiger partial charge in [0.15, 0.2) is 12.4 Å². The standard InChI is InChI=1S/C90H161NO8/c1-6-8-10-12-14-16-18-20-22-24-26-28-30-32-34-36-38-40-41-42-43-44-45-46-47-49-51-53-55-57-59-61-63-65-67-69-71-73-75-77-79-81-88(93)99-86(85-98-90(89(94)95)96-83-82-91(3,4)5)84-97-87(92)80-78-76-74-72-70-68-66-64-62-60-58-56-54-52-50-48-39-37-35-33-31-29-27-25-23-21-19-17-15-13-11-9-7-2/h8,10,14,16,20,22,25-28,32,34,38,40,42-43,86,90H,6-7,9,11-13,15,17-19,21,23-24,29-31,33,35-37,39,41,44-85H2,1-5H3/b10-8-,16-14-,22-20-,27-25-,28-26-,34-32-,40-38-,43-42-. The number of hydrogen-bond acceptors (Lipinski definition) is 8. The van der Waals surface area contributed by atoms with E-state index >= 15 is 0 Å². The van der Waals surface area contributed by atoms with Crippen molar-refractivity contribution in [2.24, 2.45) is 0 Å². The second-order valence-electron chi connectivity index (χ2n) is 29.7. The molecule has 9 nitrogen and oxygen atoms in total. The summed E-state index contributed by atoms with van der Waals surface area (Å²) in [6.07, 6.45) is 108. The Morgan fingerprint density at radius 1 is 0.313 bits per heavy atom. The molecule has 0 bridgehead atoms. The number of unbranched alkanes of at least 4 members (excludes halogenated alkanes) is 48. The third-order valence-corrected chi connectivity index (χ3v) is 18.8. The van der Waals surface area contributed by atoms with Crippen LogP contribution in [0.1, 0.15) is 399 Å². The van der Waals surface area contributed by atoms with Crippen molar-refractivity contribution in [1.82, 2.24) is 0 Å². The van der Waals surface area contributed by atoms with Gasteiger partial charge >= 0.3 is 11.9 Å². The van der Waals surface area contributed by atoms with Crippen LogP contribution >= 0.6 is 0 Å². The first kappa shape index (κ1) is 95.2. The molecule has 0 N–H and O–H groups in total. The van der Waals surface area contributed by atoms with Gasteiger partial charge in [-0.15, -0.1) is 0 Å². The molecule has 0 radical (unpaired) electrons. The Bertz CT molecular complexity index is 1960. The molecule has 2 atom stereocenters. The van der Waals surface area contributed by atoms with Crippen LogP contribution in [0, 0.1) is 0 Å². The van der Waals surface area contributed by atoms with Crippen molar-refractivity contribution in [2.75, 3.05) is 47.5 Å². The number of aliphatic carboxylic acids is 1. The molecule has 0 aliphatic rings. The van der Waals surface area contributed by atoms with Crippen molar-refractivity contribution in [3.63, 3.8) is 0 Å². The molecule has 0 saturated carbocycles. The van der Waals surface area contributed by atoms with Gasteiger partial charge in [-0.25, -0.2) is 0 Å². The Hall–Kier alpha value is -3.79. The molecule has 0 spiro atoms. The fraction of sp³-hybridized carbons (Fsp3) is 0.789. The molecule has 0 aromatic rings. The minimum atomic E-state index is -1.62. The SMILES string of the molecule is CC/C=C\C/C=C\C/C=C\C/C=C\C/C=C\C/C=C\C/C=C\CCCCCCCCCCCCCCCCCCCCCC(=O)OC(COC(=O)CCCCCCCCCCCCCCCCCCCCCCC/C=C\CCCCCCCCCC)COC(OCC[N+](C)(C)C)C(=O)[O-].